The molecule has 5 heteroatoms. The van der Waals surface area contributed by atoms with Gasteiger partial charge in [0.05, 0.1) is 5.88 Å². The number of nitrogens with zero attached hydrogens (tertiary/aromatic N) is 1. The Balaban J connectivity index is 2.48. The average Bonchev–Trinajstić information content (AvgIpc) is 2.41. The first kappa shape index (κ1) is 13.3. The van der Waals surface area contributed by atoms with Crippen LogP contribution < -0.4 is 4.74 Å². The van der Waals surface area contributed by atoms with Crippen LogP contribution in [0.3, 0.4) is 0 Å². The van der Waals surface area contributed by atoms with Gasteiger partial charge in [-0.3, -0.25) is 0 Å². The monoisotopic (exact) mass is 279 g/mol. The molecule has 0 amide bonds. The molecule has 0 aliphatic rings. The lowest BCUT2D eigenvalue weighted by Crippen LogP contribution is -1.96. The molecule has 19 heavy (non-hydrogen) atoms. The summed E-state index contributed by atoms with van der Waals surface area (Å²) in [5, 5.41) is 8.88. The van der Waals surface area contributed by atoms with Gasteiger partial charge in [0.2, 0.25) is 0 Å². The summed E-state index contributed by atoms with van der Waals surface area (Å²) in [5.41, 5.74) is 0.154. The van der Waals surface area contributed by atoms with Crippen molar-refractivity contribution in [3.8, 4) is 17.6 Å². The maximum Gasteiger partial charge on any atom is 0.167 e. The molecule has 0 radical (unpaired) electrons. The zero-order valence-electron chi connectivity index (χ0n) is 9.66. The first-order valence-electron chi connectivity index (χ1n) is 5.37. The molecular formula is C14H8ClF2NO. The molecule has 0 unspecified atom stereocenters. The topological polar surface area (TPSA) is 33.0 Å². The Kier molecular flexibility index (Phi) is 3.98. The quantitative estimate of drug-likeness (QED) is 0.782. The van der Waals surface area contributed by atoms with E-state index in [9.17, 15) is 8.78 Å². The molecule has 0 N–H and O–H groups in total. The summed E-state index contributed by atoms with van der Waals surface area (Å²) in [5.74, 6) is -1.43. The van der Waals surface area contributed by atoms with E-state index in [4.69, 9.17) is 21.6 Å². The van der Waals surface area contributed by atoms with Gasteiger partial charge in [0.1, 0.15) is 23.2 Å². The van der Waals surface area contributed by atoms with E-state index in [1.54, 1.807) is 12.1 Å². The third-order valence-electron chi connectivity index (χ3n) is 2.49. The van der Waals surface area contributed by atoms with Gasteiger partial charge < -0.3 is 4.74 Å². The third-order valence-corrected chi connectivity index (χ3v) is 2.78. The third kappa shape index (κ3) is 2.67. The Morgan fingerprint density at radius 3 is 2.47 bits per heavy atom. The lowest BCUT2D eigenvalue weighted by atomic mass is 10.2. The van der Waals surface area contributed by atoms with Crippen molar-refractivity contribution in [3.63, 3.8) is 0 Å². The number of benzene rings is 2. The molecule has 0 aliphatic heterocycles. The largest absolute Gasteiger partial charge is 0.452 e. The second-order valence-corrected chi connectivity index (χ2v) is 3.96. The van der Waals surface area contributed by atoms with Crippen LogP contribution in [0.2, 0.25) is 0 Å². The highest BCUT2D eigenvalue weighted by Crippen LogP contribution is 2.32. The van der Waals surface area contributed by atoms with Crippen molar-refractivity contribution >= 4 is 11.6 Å². The Morgan fingerprint density at radius 1 is 1.11 bits per heavy atom. The van der Waals surface area contributed by atoms with E-state index >= 15 is 0 Å². The highest BCUT2D eigenvalue weighted by molar-refractivity contribution is 6.17. The first-order valence-corrected chi connectivity index (χ1v) is 5.90. The van der Waals surface area contributed by atoms with Crippen molar-refractivity contribution in [1.82, 2.24) is 0 Å². The maximum absolute atomic E-state index is 13.7. The standard InChI is InChI=1S/C14H8ClF2NO/c15-7-9-3-1-5-12(17)14(9)19-13-6-2-4-11(16)10(13)8-18/h1-6H,7H2. The van der Waals surface area contributed by atoms with Gasteiger partial charge in [-0.25, -0.2) is 8.78 Å². The lowest BCUT2D eigenvalue weighted by molar-refractivity contribution is 0.433. The first-order chi connectivity index (χ1) is 9.17. The van der Waals surface area contributed by atoms with Crippen molar-refractivity contribution < 1.29 is 13.5 Å². The van der Waals surface area contributed by atoms with Gasteiger partial charge in [-0.15, -0.1) is 11.6 Å². The number of alkyl halides is 1. The molecule has 2 aromatic carbocycles. The zero-order chi connectivity index (χ0) is 13.8. The van der Waals surface area contributed by atoms with Gasteiger partial charge in [-0.2, -0.15) is 5.26 Å². The van der Waals surface area contributed by atoms with E-state index in [0.29, 0.717) is 5.56 Å². The van der Waals surface area contributed by atoms with Crippen LogP contribution in [-0.4, -0.2) is 0 Å². The normalized spacial score (nSPS) is 10.0. The SMILES string of the molecule is N#Cc1c(F)cccc1Oc1c(F)cccc1CCl. The van der Waals surface area contributed by atoms with Crippen LogP contribution in [0.25, 0.3) is 0 Å². The van der Waals surface area contributed by atoms with Crippen molar-refractivity contribution in [1.29, 1.82) is 5.26 Å². The summed E-state index contributed by atoms with van der Waals surface area (Å²) >= 11 is 5.69. The fraction of sp³-hybridized carbons (Fsp3) is 0.0714. The molecule has 0 saturated carbocycles. The Bertz CT molecular complexity index is 652. The van der Waals surface area contributed by atoms with Crippen LogP contribution in [0, 0.1) is 23.0 Å². The highest BCUT2D eigenvalue weighted by Gasteiger charge is 2.14. The molecule has 96 valence electrons. The minimum atomic E-state index is -0.719. The van der Waals surface area contributed by atoms with E-state index in [1.165, 1.54) is 24.3 Å². The van der Waals surface area contributed by atoms with Crippen LogP contribution in [0.4, 0.5) is 8.78 Å². The van der Waals surface area contributed by atoms with Gasteiger partial charge >= 0.3 is 0 Å². The molecule has 0 fully saturated rings. The predicted molar refractivity (Wildman–Crippen MR) is 67.1 cm³/mol. The number of hydrogen-bond acceptors (Lipinski definition) is 2. The zero-order valence-corrected chi connectivity index (χ0v) is 10.4. The molecule has 2 nitrogen and oxygen atoms in total. The molecule has 2 aromatic rings. The molecule has 0 aliphatic carbocycles. The summed E-state index contributed by atoms with van der Waals surface area (Å²) in [6.45, 7) is 0. The summed E-state index contributed by atoms with van der Waals surface area (Å²) in [6.07, 6.45) is 0. The molecule has 0 bridgehead atoms. The maximum atomic E-state index is 13.7. The smallest absolute Gasteiger partial charge is 0.167 e. The van der Waals surface area contributed by atoms with E-state index in [0.717, 1.165) is 6.07 Å². The van der Waals surface area contributed by atoms with E-state index in [-0.39, 0.29) is 22.9 Å². The fourth-order valence-electron chi connectivity index (χ4n) is 1.58. The van der Waals surface area contributed by atoms with Crippen molar-refractivity contribution in [2.75, 3.05) is 0 Å². The molecule has 0 heterocycles. The van der Waals surface area contributed by atoms with Gasteiger partial charge in [0, 0.05) is 5.56 Å². The minimum absolute atomic E-state index is 0.0426. The van der Waals surface area contributed by atoms with E-state index in [1.807, 2.05) is 0 Å². The number of ether oxygens (including phenoxy) is 1. The number of para-hydroxylation sites is 1. The van der Waals surface area contributed by atoms with Crippen LogP contribution in [0.15, 0.2) is 36.4 Å². The fourth-order valence-corrected chi connectivity index (χ4v) is 1.79. The minimum Gasteiger partial charge on any atom is -0.452 e. The second-order valence-electron chi connectivity index (χ2n) is 3.69. The van der Waals surface area contributed by atoms with Gasteiger partial charge in [-0.05, 0) is 18.2 Å². The summed E-state index contributed by atoms with van der Waals surface area (Å²) in [7, 11) is 0. The molecule has 0 spiro atoms. The van der Waals surface area contributed by atoms with Gasteiger partial charge in [-0.1, -0.05) is 18.2 Å². The van der Waals surface area contributed by atoms with E-state index in [2.05, 4.69) is 0 Å². The lowest BCUT2D eigenvalue weighted by Gasteiger charge is -2.11. The second kappa shape index (κ2) is 5.68. The predicted octanol–water partition coefficient (Wildman–Crippen LogP) is 4.37. The van der Waals surface area contributed by atoms with Crippen molar-refractivity contribution in [2.24, 2.45) is 0 Å². The molecule has 0 atom stereocenters. The number of rotatable bonds is 3. The molecule has 0 saturated heterocycles. The highest BCUT2D eigenvalue weighted by atomic mass is 35.5. The molecule has 0 aromatic heterocycles. The summed E-state index contributed by atoms with van der Waals surface area (Å²) < 4.78 is 32.4. The van der Waals surface area contributed by atoms with Gasteiger partial charge in [0.15, 0.2) is 11.6 Å². The Hall–Kier alpha value is -2.12. The van der Waals surface area contributed by atoms with Crippen molar-refractivity contribution in [2.45, 2.75) is 5.88 Å². The molecule has 2 rings (SSSR count). The van der Waals surface area contributed by atoms with Crippen LogP contribution in [-0.2, 0) is 5.88 Å². The summed E-state index contributed by atoms with van der Waals surface area (Å²) in [6, 6.07) is 9.89. The number of hydrogen-bond donors (Lipinski definition) is 0. The Morgan fingerprint density at radius 2 is 1.79 bits per heavy atom. The Labute approximate surface area is 113 Å². The van der Waals surface area contributed by atoms with Crippen LogP contribution >= 0.6 is 11.6 Å². The van der Waals surface area contributed by atoms with E-state index < -0.39 is 11.6 Å². The summed E-state index contributed by atoms with van der Waals surface area (Å²) in [4.78, 5) is 0. The number of nitriles is 1. The van der Waals surface area contributed by atoms with Crippen LogP contribution in [0.5, 0.6) is 11.5 Å². The average molecular weight is 280 g/mol. The van der Waals surface area contributed by atoms with Crippen LogP contribution in [0.1, 0.15) is 11.1 Å². The number of halogens is 3. The van der Waals surface area contributed by atoms with Crippen molar-refractivity contribution in [3.05, 3.63) is 59.2 Å². The molecular weight excluding hydrogens is 272 g/mol. The van der Waals surface area contributed by atoms with Gasteiger partial charge in [0.25, 0.3) is 0 Å².